The van der Waals surface area contributed by atoms with E-state index in [1.807, 2.05) is 53.9 Å². The summed E-state index contributed by atoms with van der Waals surface area (Å²) in [6.07, 6.45) is 2.36. The zero-order chi connectivity index (χ0) is 19.3. The van der Waals surface area contributed by atoms with Crippen LogP contribution in [-0.2, 0) is 16.6 Å². The summed E-state index contributed by atoms with van der Waals surface area (Å²) in [6.45, 7) is 0.244. The Kier molecular flexibility index (Phi) is 6.73. The number of thioether (sulfide) groups is 2. The summed E-state index contributed by atoms with van der Waals surface area (Å²) >= 11 is 3.90. The Hall–Kier alpha value is -1.64. The molecular weight excluding hydrogens is 400 g/mol. The molecule has 1 aliphatic heterocycles. The zero-order valence-electron chi connectivity index (χ0n) is 15.0. The lowest BCUT2D eigenvalue weighted by atomic mass is 10.1. The molecule has 2 aromatic carbocycles. The average molecular weight is 423 g/mol. The molecule has 0 saturated carbocycles. The van der Waals surface area contributed by atoms with E-state index in [9.17, 15) is 13.2 Å². The number of benzene rings is 2. The number of carbonyl (C=O) groups excluding carboxylic acids is 1. The first-order valence-corrected chi connectivity index (χ1v) is 12.6. The molecule has 1 heterocycles. The van der Waals surface area contributed by atoms with Crippen molar-refractivity contribution in [2.45, 2.75) is 17.5 Å². The smallest absolute Gasteiger partial charge is 0.251 e. The summed E-state index contributed by atoms with van der Waals surface area (Å²) in [5, 5.41) is 2.86. The monoisotopic (exact) mass is 422 g/mol. The van der Waals surface area contributed by atoms with Crippen LogP contribution in [-0.4, -0.2) is 32.1 Å². The minimum absolute atomic E-state index is 0.181. The highest BCUT2D eigenvalue weighted by Gasteiger charge is 2.17. The number of para-hydroxylation sites is 1. The molecule has 0 bridgehead atoms. The van der Waals surface area contributed by atoms with Crippen molar-refractivity contribution in [2.75, 3.05) is 22.5 Å². The van der Waals surface area contributed by atoms with Crippen molar-refractivity contribution in [2.24, 2.45) is 0 Å². The number of carbonyl (C=O) groups is 1. The Morgan fingerprint density at radius 2 is 1.74 bits per heavy atom. The SMILES string of the molecule is CS(=O)(=O)Nc1ccccc1CNC(=O)c1ccc(C2SCCCS2)cc1. The van der Waals surface area contributed by atoms with Crippen LogP contribution in [0.5, 0.6) is 0 Å². The lowest BCUT2D eigenvalue weighted by Crippen LogP contribution is -2.23. The predicted molar refractivity (Wildman–Crippen MR) is 115 cm³/mol. The van der Waals surface area contributed by atoms with Gasteiger partial charge in [0.1, 0.15) is 0 Å². The van der Waals surface area contributed by atoms with Crippen molar-refractivity contribution in [3.63, 3.8) is 0 Å². The Bertz CT molecular complexity index is 893. The number of hydrogen-bond acceptors (Lipinski definition) is 5. The van der Waals surface area contributed by atoms with Crippen LogP contribution in [0.25, 0.3) is 0 Å². The van der Waals surface area contributed by atoms with E-state index in [0.29, 0.717) is 21.4 Å². The number of amides is 1. The first-order valence-electron chi connectivity index (χ1n) is 8.59. The molecule has 1 amide bonds. The minimum Gasteiger partial charge on any atom is -0.348 e. The van der Waals surface area contributed by atoms with Gasteiger partial charge in [0.2, 0.25) is 10.0 Å². The summed E-state index contributed by atoms with van der Waals surface area (Å²) in [5.74, 6) is 2.18. The molecule has 8 heteroatoms. The molecule has 2 N–H and O–H groups in total. The Labute approximate surface area is 168 Å². The lowest BCUT2D eigenvalue weighted by Gasteiger charge is -2.21. The molecule has 1 saturated heterocycles. The van der Waals surface area contributed by atoms with E-state index < -0.39 is 10.0 Å². The molecular formula is C19H22N2O3S3. The molecule has 3 rings (SSSR count). The van der Waals surface area contributed by atoms with E-state index in [0.717, 1.165) is 6.26 Å². The first-order chi connectivity index (χ1) is 12.9. The Morgan fingerprint density at radius 1 is 1.07 bits per heavy atom. The maximum absolute atomic E-state index is 12.4. The van der Waals surface area contributed by atoms with E-state index in [-0.39, 0.29) is 12.5 Å². The minimum atomic E-state index is -3.37. The second-order valence-corrected chi connectivity index (χ2v) is 10.7. The zero-order valence-corrected chi connectivity index (χ0v) is 17.4. The molecule has 5 nitrogen and oxygen atoms in total. The van der Waals surface area contributed by atoms with Crippen molar-refractivity contribution >= 4 is 45.1 Å². The standard InChI is InChI=1S/C19H22N2O3S3/c1-27(23,24)21-17-6-3-2-5-16(17)13-20-18(22)14-7-9-15(10-8-14)19-25-11-4-12-26-19/h2-3,5-10,19,21H,4,11-13H2,1H3,(H,20,22). The van der Waals surface area contributed by atoms with Crippen LogP contribution in [0, 0.1) is 0 Å². The number of sulfonamides is 1. The van der Waals surface area contributed by atoms with Gasteiger partial charge in [-0.05, 0) is 47.3 Å². The van der Waals surface area contributed by atoms with Crippen LogP contribution in [0.1, 0.15) is 32.5 Å². The van der Waals surface area contributed by atoms with Crippen LogP contribution in [0.2, 0.25) is 0 Å². The van der Waals surface area contributed by atoms with Gasteiger partial charge in [0, 0.05) is 12.1 Å². The Balaban J connectivity index is 1.63. The van der Waals surface area contributed by atoms with Gasteiger partial charge in [-0.15, -0.1) is 23.5 Å². The maximum atomic E-state index is 12.4. The van der Waals surface area contributed by atoms with E-state index in [1.54, 1.807) is 18.2 Å². The predicted octanol–water partition coefficient (Wildman–Crippen LogP) is 3.86. The fourth-order valence-corrected chi connectivity index (χ4v) is 6.22. The van der Waals surface area contributed by atoms with Crippen LogP contribution >= 0.6 is 23.5 Å². The first kappa shape index (κ1) is 20.1. The third kappa shape index (κ3) is 5.92. The number of rotatable bonds is 6. The molecule has 144 valence electrons. The topological polar surface area (TPSA) is 75.3 Å². The highest BCUT2D eigenvalue weighted by Crippen LogP contribution is 2.43. The van der Waals surface area contributed by atoms with Gasteiger partial charge in [0.15, 0.2) is 0 Å². The van der Waals surface area contributed by atoms with Crippen molar-refractivity contribution in [3.8, 4) is 0 Å². The molecule has 1 fully saturated rings. The molecule has 0 unspecified atom stereocenters. The molecule has 0 atom stereocenters. The maximum Gasteiger partial charge on any atom is 0.251 e. The van der Waals surface area contributed by atoms with Crippen molar-refractivity contribution < 1.29 is 13.2 Å². The van der Waals surface area contributed by atoms with Gasteiger partial charge in [0.05, 0.1) is 16.5 Å². The number of nitrogens with one attached hydrogen (secondary N) is 2. The van der Waals surface area contributed by atoms with Gasteiger partial charge in [0.25, 0.3) is 5.91 Å². The summed E-state index contributed by atoms with van der Waals surface area (Å²) in [5.41, 5.74) is 3.02. The third-order valence-corrected chi connectivity index (χ3v) is 7.63. The lowest BCUT2D eigenvalue weighted by molar-refractivity contribution is 0.0951. The normalized spacial score (nSPS) is 15.3. The highest BCUT2D eigenvalue weighted by atomic mass is 32.2. The van der Waals surface area contributed by atoms with Crippen molar-refractivity contribution in [1.29, 1.82) is 0 Å². The van der Waals surface area contributed by atoms with Crippen LogP contribution < -0.4 is 10.0 Å². The van der Waals surface area contributed by atoms with Gasteiger partial charge in [-0.2, -0.15) is 0 Å². The van der Waals surface area contributed by atoms with Crippen molar-refractivity contribution in [3.05, 3.63) is 65.2 Å². The molecule has 1 aliphatic rings. The van der Waals surface area contributed by atoms with Gasteiger partial charge < -0.3 is 5.32 Å². The third-order valence-electron chi connectivity index (χ3n) is 4.02. The highest BCUT2D eigenvalue weighted by molar-refractivity contribution is 8.16. The van der Waals surface area contributed by atoms with E-state index in [4.69, 9.17) is 0 Å². The molecule has 0 spiro atoms. The summed E-state index contributed by atoms with van der Waals surface area (Å²) in [6, 6.07) is 14.8. The molecule has 0 radical (unpaired) electrons. The second-order valence-electron chi connectivity index (χ2n) is 6.26. The molecule has 27 heavy (non-hydrogen) atoms. The van der Waals surface area contributed by atoms with Crippen molar-refractivity contribution in [1.82, 2.24) is 5.32 Å². The van der Waals surface area contributed by atoms with Gasteiger partial charge in [-0.1, -0.05) is 30.3 Å². The second kappa shape index (κ2) is 9.03. The van der Waals surface area contributed by atoms with Crippen LogP contribution in [0.4, 0.5) is 5.69 Å². The van der Waals surface area contributed by atoms with Gasteiger partial charge in [-0.3, -0.25) is 9.52 Å². The molecule has 2 aromatic rings. The van der Waals surface area contributed by atoms with E-state index in [2.05, 4.69) is 10.0 Å². The summed E-state index contributed by atoms with van der Waals surface area (Å²) in [7, 11) is -3.37. The summed E-state index contributed by atoms with van der Waals surface area (Å²) in [4.78, 5) is 12.4. The molecule has 0 aliphatic carbocycles. The van der Waals surface area contributed by atoms with E-state index in [1.165, 1.54) is 23.5 Å². The summed E-state index contributed by atoms with van der Waals surface area (Å²) < 4.78 is 25.9. The quantitative estimate of drug-likeness (QED) is 0.739. The fraction of sp³-hybridized carbons (Fsp3) is 0.316. The Morgan fingerprint density at radius 3 is 2.41 bits per heavy atom. The largest absolute Gasteiger partial charge is 0.348 e. The van der Waals surface area contributed by atoms with E-state index >= 15 is 0 Å². The van der Waals surface area contributed by atoms with Crippen LogP contribution in [0.3, 0.4) is 0 Å². The average Bonchev–Trinajstić information content (AvgIpc) is 2.67. The molecule has 0 aromatic heterocycles. The van der Waals surface area contributed by atoms with Gasteiger partial charge >= 0.3 is 0 Å². The number of anilines is 1. The van der Waals surface area contributed by atoms with Crippen LogP contribution in [0.15, 0.2) is 48.5 Å². The number of hydrogen-bond donors (Lipinski definition) is 2. The fourth-order valence-electron chi connectivity index (χ4n) is 2.72. The van der Waals surface area contributed by atoms with Gasteiger partial charge in [-0.25, -0.2) is 8.42 Å².